The molecule has 0 amide bonds. The van der Waals surface area contributed by atoms with Crippen LogP contribution in [0.15, 0.2) is 0 Å². The molecule has 0 fully saturated rings. The number of esters is 2. The first-order valence-corrected chi connectivity index (χ1v) is 4.04. The summed E-state index contributed by atoms with van der Waals surface area (Å²) in [5.74, 6) is -1.55. The average Bonchev–Trinajstić information content (AvgIpc) is 2.27. The number of rotatable bonds is 6. The van der Waals surface area contributed by atoms with Crippen LogP contribution in [-0.4, -0.2) is 57.4 Å². The minimum atomic E-state index is -1.61. The van der Waals surface area contributed by atoms with Crippen molar-refractivity contribution in [1.82, 2.24) is 0 Å². The average molecular weight is 222 g/mol. The molecule has 0 saturated heterocycles. The van der Waals surface area contributed by atoms with Crippen LogP contribution in [0, 0.1) is 0 Å². The van der Waals surface area contributed by atoms with Crippen LogP contribution in [0.1, 0.15) is 0 Å². The Morgan fingerprint density at radius 2 is 1.80 bits per heavy atom. The molecule has 0 spiro atoms. The fourth-order valence-electron chi connectivity index (χ4n) is 0.729. The summed E-state index contributed by atoms with van der Waals surface area (Å²) in [7, 11) is 3.51. The summed E-state index contributed by atoms with van der Waals surface area (Å²) >= 11 is 0. The Morgan fingerprint density at radius 1 is 1.20 bits per heavy atom. The minimum Gasteiger partial charge on any atom is -0.467 e. The summed E-state index contributed by atoms with van der Waals surface area (Å²) in [5.41, 5.74) is 0. The number of ether oxygens (including phenoxy) is 4. The van der Waals surface area contributed by atoms with Gasteiger partial charge in [0.2, 0.25) is 6.10 Å². The van der Waals surface area contributed by atoms with Crippen LogP contribution in [0.5, 0.6) is 0 Å². The van der Waals surface area contributed by atoms with E-state index in [0.717, 1.165) is 7.11 Å². The maximum absolute atomic E-state index is 10.9. The molecule has 0 radical (unpaired) electrons. The molecule has 7 heteroatoms. The first-order valence-electron chi connectivity index (χ1n) is 4.04. The van der Waals surface area contributed by atoms with E-state index in [0.29, 0.717) is 0 Å². The van der Waals surface area contributed by atoms with Crippen LogP contribution in [0.4, 0.5) is 0 Å². The van der Waals surface area contributed by atoms with Crippen molar-refractivity contribution in [2.75, 3.05) is 27.9 Å². The van der Waals surface area contributed by atoms with Crippen LogP contribution >= 0.6 is 0 Å². The van der Waals surface area contributed by atoms with Crippen molar-refractivity contribution in [3.8, 4) is 0 Å². The number of hydrogen-bond acceptors (Lipinski definition) is 7. The number of carbonyl (C=O) groups is 2. The van der Waals surface area contributed by atoms with Crippen molar-refractivity contribution < 1.29 is 33.6 Å². The summed E-state index contributed by atoms with van der Waals surface area (Å²) in [6.07, 6.45) is -2.87. The van der Waals surface area contributed by atoms with Gasteiger partial charge in [0.25, 0.3) is 0 Å². The number of hydrogen-bond donors (Lipinski definition) is 1. The number of carbonyl (C=O) groups excluding carboxylic acids is 2. The molecule has 0 aliphatic rings. The summed E-state index contributed by atoms with van der Waals surface area (Å²) in [6, 6.07) is 0. The van der Waals surface area contributed by atoms with Crippen molar-refractivity contribution in [3.63, 3.8) is 0 Å². The normalized spacial score (nSPS) is 14.1. The van der Waals surface area contributed by atoms with E-state index in [4.69, 9.17) is 4.74 Å². The Balaban J connectivity index is 4.12. The highest BCUT2D eigenvalue weighted by Gasteiger charge is 2.28. The Morgan fingerprint density at radius 3 is 2.20 bits per heavy atom. The number of methoxy groups -OCH3 is 3. The lowest BCUT2D eigenvalue weighted by atomic mass is 10.3. The Kier molecular flexibility index (Phi) is 6.59. The molecule has 0 aliphatic heterocycles. The second-order valence-electron chi connectivity index (χ2n) is 2.46. The molecule has 0 rings (SSSR count). The van der Waals surface area contributed by atoms with E-state index in [2.05, 4.69) is 14.2 Å². The van der Waals surface area contributed by atoms with Gasteiger partial charge in [-0.05, 0) is 0 Å². The Bertz CT molecular complexity index is 215. The largest absolute Gasteiger partial charge is 0.467 e. The zero-order chi connectivity index (χ0) is 11.8. The van der Waals surface area contributed by atoms with Crippen molar-refractivity contribution in [2.24, 2.45) is 0 Å². The lowest BCUT2D eigenvalue weighted by Crippen LogP contribution is -2.39. The monoisotopic (exact) mass is 222 g/mol. The standard InChI is InChI=1S/C8H14O7/c1-12-5(9)4-15-8(14-3)6(10)7(11)13-2/h6,8,10H,4H2,1-3H3/t6-,8-/m0/s1. The van der Waals surface area contributed by atoms with E-state index in [1.165, 1.54) is 14.2 Å². The molecule has 88 valence electrons. The first-order chi connectivity index (χ1) is 7.06. The van der Waals surface area contributed by atoms with E-state index in [1.807, 2.05) is 0 Å². The predicted molar refractivity (Wildman–Crippen MR) is 46.8 cm³/mol. The summed E-state index contributed by atoms with van der Waals surface area (Å²) in [5, 5.41) is 9.29. The summed E-state index contributed by atoms with van der Waals surface area (Å²) in [4.78, 5) is 21.6. The van der Waals surface area contributed by atoms with Gasteiger partial charge in [-0.25, -0.2) is 9.59 Å². The highest BCUT2D eigenvalue weighted by molar-refractivity contribution is 5.75. The van der Waals surface area contributed by atoms with Gasteiger partial charge in [-0.15, -0.1) is 0 Å². The quantitative estimate of drug-likeness (QED) is 0.440. The van der Waals surface area contributed by atoms with E-state index in [1.54, 1.807) is 0 Å². The van der Waals surface area contributed by atoms with E-state index in [-0.39, 0.29) is 0 Å². The SMILES string of the molecule is COC(=O)CO[C@H](OC)[C@@H](O)C(=O)OC. The molecule has 0 heterocycles. The van der Waals surface area contributed by atoms with Gasteiger partial charge in [0.05, 0.1) is 14.2 Å². The Hall–Kier alpha value is -1.18. The molecule has 0 aromatic heterocycles. The maximum Gasteiger partial charge on any atom is 0.340 e. The molecule has 0 bridgehead atoms. The second-order valence-corrected chi connectivity index (χ2v) is 2.46. The van der Waals surface area contributed by atoms with Crippen LogP contribution in [0.2, 0.25) is 0 Å². The third-order valence-corrected chi connectivity index (χ3v) is 1.53. The lowest BCUT2D eigenvalue weighted by molar-refractivity contribution is -0.203. The van der Waals surface area contributed by atoms with Crippen LogP contribution < -0.4 is 0 Å². The number of aliphatic hydroxyl groups is 1. The topological polar surface area (TPSA) is 91.3 Å². The van der Waals surface area contributed by atoms with Gasteiger partial charge < -0.3 is 24.1 Å². The van der Waals surface area contributed by atoms with Crippen molar-refractivity contribution >= 4 is 11.9 Å². The van der Waals surface area contributed by atoms with Gasteiger partial charge in [0.1, 0.15) is 6.61 Å². The highest BCUT2D eigenvalue weighted by Crippen LogP contribution is 2.02. The fraction of sp³-hybridized carbons (Fsp3) is 0.750. The molecular weight excluding hydrogens is 208 g/mol. The Labute approximate surface area is 86.9 Å². The van der Waals surface area contributed by atoms with Crippen LogP contribution in [-0.2, 0) is 28.5 Å². The third kappa shape index (κ3) is 4.73. The zero-order valence-electron chi connectivity index (χ0n) is 8.76. The molecule has 2 atom stereocenters. The molecule has 7 nitrogen and oxygen atoms in total. The van der Waals surface area contributed by atoms with Gasteiger partial charge in [-0.1, -0.05) is 0 Å². The van der Waals surface area contributed by atoms with Crippen molar-refractivity contribution in [1.29, 1.82) is 0 Å². The van der Waals surface area contributed by atoms with Crippen LogP contribution in [0.25, 0.3) is 0 Å². The van der Waals surface area contributed by atoms with Crippen LogP contribution in [0.3, 0.4) is 0 Å². The van der Waals surface area contributed by atoms with E-state index in [9.17, 15) is 14.7 Å². The zero-order valence-corrected chi connectivity index (χ0v) is 8.76. The van der Waals surface area contributed by atoms with Crippen molar-refractivity contribution in [3.05, 3.63) is 0 Å². The second kappa shape index (κ2) is 7.16. The smallest absolute Gasteiger partial charge is 0.340 e. The molecule has 0 aliphatic carbocycles. The number of aliphatic hydroxyl groups excluding tert-OH is 1. The van der Waals surface area contributed by atoms with E-state index >= 15 is 0 Å². The van der Waals surface area contributed by atoms with Crippen molar-refractivity contribution in [2.45, 2.75) is 12.4 Å². The molecule has 1 N–H and O–H groups in total. The fourth-order valence-corrected chi connectivity index (χ4v) is 0.729. The molecule has 0 saturated carbocycles. The van der Waals surface area contributed by atoms with Gasteiger partial charge in [0.15, 0.2) is 6.29 Å². The maximum atomic E-state index is 10.9. The molecule has 0 aromatic rings. The first kappa shape index (κ1) is 13.8. The van der Waals surface area contributed by atoms with Gasteiger partial charge in [0, 0.05) is 7.11 Å². The molecule has 0 aromatic carbocycles. The molecule has 0 unspecified atom stereocenters. The highest BCUT2D eigenvalue weighted by atomic mass is 16.7. The van der Waals surface area contributed by atoms with Gasteiger partial charge in [-0.3, -0.25) is 0 Å². The lowest BCUT2D eigenvalue weighted by Gasteiger charge is -2.19. The summed E-state index contributed by atoms with van der Waals surface area (Å²) < 4.78 is 18.0. The summed E-state index contributed by atoms with van der Waals surface area (Å²) in [6.45, 7) is -0.428. The van der Waals surface area contributed by atoms with E-state index < -0.39 is 30.9 Å². The van der Waals surface area contributed by atoms with Gasteiger partial charge in [-0.2, -0.15) is 0 Å². The molecule has 15 heavy (non-hydrogen) atoms. The third-order valence-electron chi connectivity index (χ3n) is 1.53. The molecular formula is C8H14O7. The van der Waals surface area contributed by atoms with Gasteiger partial charge >= 0.3 is 11.9 Å². The predicted octanol–water partition coefficient (Wildman–Crippen LogP) is -1.32. The minimum absolute atomic E-state index is 0.428.